The van der Waals surface area contributed by atoms with Crippen molar-refractivity contribution in [1.29, 1.82) is 0 Å². The second kappa shape index (κ2) is 12.4. The molecule has 0 fully saturated rings. The number of ether oxygens (including phenoxy) is 1. The lowest BCUT2D eigenvalue weighted by atomic mass is 9.90. The maximum Gasteiger partial charge on any atom is 0.416 e. The lowest BCUT2D eigenvalue weighted by Gasteiger charge is -2.21. The Bertz CT molecular complexity index is 1620. The number of carbonyl (C=O) groups is 2. The number of benzene rings is 3. The molecule has 41 heavy (non-hydrogen) atoms. The van der Waals surface area contributed by atoms with Crippen LogP contribution in [0.2, 0.25) is 5.02 Å². The molecule has 2 N–H and O–H groups in total. The van der Waals surface area contributed by atoms with Gasteiger partial charge in [-0.1, -0.05) is 48.0 Å². The zero-order chi connectivity index (χ0) is 29.7. The third kappa shape index (κ3) is 7.20. The fourth-order valence-corrected chi connectivity index (χ4v) is 4.48. The van der Waals surface area contributed by atoms with Crippen molar-refractivity contribution >= 4 is 23.5 Å². The van der Waals surface area contributed by atoms with E-state index in [-0.39, 0.29) is 23.5 Å². The molecule has 0 saturated heterocycles. The van der Waals surface area contributed by atoms with E-state index >= 15 is 0 Å². The van der Waals surface area contributed by atoms with Gasteiger partial charge in [-0.25, -0.2) is 18.7 Å². The van der Waals surface area contributed by atoms with E-state index in [0.29, 0.717) is 10.6 Å². The Labute approximate surface area is 235 Å². The summed E-state index contributed by atoms with van der Waals surface area (Å²) in [6.07, 6.45) is -6.48. The van der Waals surface area contributed by atoms with Crippen LogP contribution >= 0.6 is 11.6 Å². The van der Waals surface area contributed by atoms with Gasteiger partial charge in [0.2, 0.25) is 0 Å². The van der Waals surface area contributed by atoms with Crippen LogP contribution in [0.25, 0.3) is 11.4 Å². The maximum atomic E-state index is 14.4. The van der Waals surface area contributed by atoms with Gasteiger partial charge >= 0.3 is 18.0 Å². The third-order valence-corrected chi connectivity index (χ3v) is 6.50. The van der Waals surface area contributed by atoms with Crippen LogP contribution < -0.4 is 11.4 Å². The Kier molecular flexibility index (Phi) is 8.92. The summed E-state index contributed by atoms with van der Waals surface area (Å²) in [5.74, 6) is -2.30. The topological polar surface area (TPSA) is 109 Å². The third-order valence-electron chi connectivity index (χ3n) is 6.24. The van der Waals surface area contributed by atoms with Gasteiger partial charge in [0.15, 0.2) is 11.6 Å². The van der Waals surface area contributed by atoms with Crippen molar-refractivity contribution in [3.05, 3.63) is 111 Å². The van der Waals surface area contributed by atoms with Gasteiger partial charge < -0.3 is 10.5 Å². The lowest BCUT2D eigenvalue weighted by Crippen LogP contribution is -2.29. The van der Waals surface area contributed by atoms with E-state index in [1.807, 2.05) is 0 Å². The minimum atomic E-state index is -4.74. The number of halogens is 5. The molecule has 13 heteroatoms. The average Bonchev–Trinajstić information content (AvgIpc) is 3.22. The normalized spacial score (nSPS) is 12.2. The van der Waals surface area contributed by atoms with Gasteiger partial charge in [0.1, 0.15) is 19.0 Å². The molecular weight excluding hydrogens is 568 g/mol. The summed E-state index contributed by atoms with van der Waals surface area (Å²) in [6, 6.07) is 16.8. The molecule has 1 amide bonds. The number of rotatable bonds is 10. The first kappa shape index (κ1) is 29.5. The Morgan fingerprint density at radius 1 is 1.00 bits per heavy atom. The molecule has 4 aromatic rings. The number of nitrogens with zero attached hydrogens (tertiary/aromatic N) is 3. The molecule has 8 nitrogen and oxygen atoms in total. The van der Waals surface area contributed by atoms with Gasteiger partial charge in [-0.3, -0.25) is 9.36 Å². The van der Waals surface area contributed by atoms with Gasteiger partial charge in [-0.05, 0) is 42.0 Å². The predicted octanol–water partition coefficient (Wildman–Crippen LogP) is 5.41. The van der Waals surface area contributed by atoms with Gasteiger partial charge in [0.05, 0.1) is 12.1 Å². The van der Waals surface area contributed by atoms with E-state index in [0.717, 1.165) is 10.7 Å². The molecular formula is C28H23ClF4N4O4. The van der Waals surface area contributed by atoms with E-state index in [2.05, 4.69) is 5.10 Å². The van der Waals surface area contributed by atoms with E-state index < -0.39 is 60.6 Å². The first-order chi connectivity index (χ1) is 19.4. The number of carbonyl (C=O) groups excluding carboxylic acids is 2. The maximum absolute atomic E-state index is 14.4. The van der Waals surface area contributed by atoms with Crippen molar-refractivity contribution in [1.82, 2.24) is 14.3 Å². The fraction of sp³-hybridized carbons (Fsp3) is 0.214. The second-order valence-corrected chi connectivity index (χ2v) is 9.54. The summed E-state index contributed by atoms with van der Waals surface area (Å²) in [6.45, 7) is -1.41. The first-order valence-corrected chi connectivity index (χ1v) is 12.6. The van der Waals surface area contributed by atoms with Crippen LogP contribution in [-0.2, 0) is 28.8 Å². The Balaban J connectivity index is 1.67. The van der Waals surface area contributed by atoms with Crippen LogP contribution in [0.4, 0.5) is 22.4 Å². The molecule has 0 aliphatic rings. The van der Waals surface area contributed by atoms with Crippen molar-refractivity contribution in [3.8, 4) is 11.4 Å². The number of hydrogen-bond acceptors (Lipinski definition) is 5. The largest absolute Gasteiger partial charge is 0.449 e. The molecule has 3 aromatic carbocycles. The van der Waals surface area contributed by atoms with E-state index in [1.54, 1.807) is 30.3 Å². The number of hydrogen-bond donors (Lipinski definition) is 1. The van der Waals surface area contributed by atoms with E-state index in [1.165, 1.54) is 41.0 Å². The van der Waals surface area contributed by atoms with Crippen molar-refractivity contribution in [2.24, 2.45) is 5.73 Å². The smallest absolute Gasteiger partial charge is 0.416 e. The van der Waals surface area contributed by atoms with Crippen LogP contribution in [-0.4, -0.2) is 32.8 Å². The van der Waals surface area contributed by atoms with Crippen LogP contribution in [0.5, 0.6) is 0 Å². The highest BCUT2D eigenvalue weighted by Gasteiger charge is 2.36. The molecule has 0 saturated carbocycles. The van der Waals surface area contributed by atoms with Crippen molar-refractivity contribution in [2.75, 3.05) is 6.61 Å². The molecule has 0 aliphatic heterocycles. The van der Waals surface area contributed by atoms with Crippen molar-refractivity contribution < 1.29 is 31.9 Å². The molecule has 0 bridgehead atoms. The molecule has 1 unspecified atom stereocenters. The van der Waals surface area contributed by atoms with E-state index in [9.17, 15) is 31.9 Å². The Hall–Kier alpha value is -4.45. The summed E-state index contributed by atoms with van der Waals surface area (Å²) in [4.78, 5) is 37.7. The molecule has 0 aliphatic carbocycles. The Morgan fingerprint density at radius 3 is 2.32 bits per heavy atom. The fourth-order valence-electron chi connectivity index (χ4n) is 4.35. The zero-order valence-electron chi connectivity index (χ0n) is 21.3. The molecule has 4 rings (SSSR count). The van der Waals surface area contributed by atoms with Gasteiger partial charge in [-0.15, -0.1) is 5.10 Å². The summed E-state index contributed by atoms with van der Waals surface area (Å²) < 4.78 is 62.2. The minimum absolute atomic E-state index is 0.124. The van der Waals surface area contributed by atoms with E-state index in [4.69, 9.17) is 22.1 Å². The monoisotopic (exact) mass is 590 g/mol. The first-order valence-electron chi connectivity index (χ1n) is 12.2. The highest BCUT2D eigenvalue weighted by Crippen LogP contribution is 2.36. The quantitative estimate of drug-likeness (QED) is 0.248. The van der Waals surface area contributed by atoms with Gasteiger partial charge in [-0.2, -0.15) is 13.2 Å². The lowest BCUT2D eigenvalue weighted by molar-refractivity contribution is -0.138. The summed E-state index contributed by atoms with van der Waals surface area (Å²) in [5, 5.41) is 4.71. The predicted molar refractivity (Wildman–Crippen MR) is 142 cm³/mol. The van der Waals surface area contributed by atoms with Crippen LogP contribution in [0.15, 0.2) is 77.6 Å². The number of alkyl halides is 3. The Morgan fingerprint density at radius 2 is 1.66 bits per heavy atom. The highest BCUT2D eigenvalue weighted by atomic mass is 35.5. The SMILES string of the molecule is NC(=O)OCC(CC(=O)Cn1nc(-c2ccc(Cl)cc2)n(Cc2ccccc2F)c1=O)c1ccccc1C(F)(F)F. The standard InChI is InChI=1S/C28H23ClF4N4O4/c29-20-11-9-17(10-12-20)25-35-37(27(40)36(25)14-18-5-1-4-8-24(18)30)15-21(38)13-19(16-41-26(34)39)22-6-2-3-7-23(22)28(31,32)33/h1-12,19H,13-16H2,(H2,34,39). The number of primary amides is 1. The van der Waals surface area contributed by atoms with Crippen molar-refractivity contribution in [3.63, 3.8) is 0 Å². The molecule has 0 spiro atoms. The molecule has 1 heterocycles. The van der Waals surface area contributed by atoms with Crippen LogP contribution in [0.1, 0.15) is 29.0 Å². The summed E-state index contributed by atoms with van der Waals surface area (Å²) >= 11 is 5.98. The minimum Gasteiger partial charge on any atom is -0.449 e. The van der Waals surface area contributed by atoms with Gasteiger partial charge in [0.25, 0.3) is 0 Å². The molecule has 0 radical (unpaired) electrons. The van der Waals surface area contributed by atoms with Crippen molar-refractivity contribution in [2.45, 2.75) is 31.6 Å². The number of amides is 1. The summed E-state index contributed by atoms with van der Waals surface area (Å²) in [7, 11) is 0. The number of nitrogens with two attached hydrogens (primary N) is 1. The molecule has 1 aromatic heterocycles. The zero-order valence-corrected chi connectivity index (χ0v) is 22.0. The van der Waals surface area contributed by atoms with Crippen LogP contribution in [0.3, 0.4) is 0 Å². The highest BCUT2D eigenvalue weighted by molar-refractivity contribution is 6.30. The number of aromatic nitrogens is 3. The molecule has 1 atom stereocenters. The number of ketones is 1. The average molecular weight is 591 g/mol. The second-order valence-electron chi connectivity index (χ2n) is 9.10. The summed E-state index contributed by atoms with van der Waals surface area (Å²) in [5.41, 5.74) is 3.66. The van der Waals surface area contributed by atoms with Crippen LogP contribution in [0, 0.1) is 5.82 Å². The van der Waals surface area contributed by atoms with Gasteiger partial charge in [0, 0.05) is 28.5 Å². The molecule has 214 valence electrons. The number of Topliss-reactive ketones (excluding diaryl/α,β-unsaturated/α-hetero) is 1.